The summed E-state index contributed by atoms with van der Waals surface area (Å²) in [6.45, 7) is 3.80. The predicted octanol–water partition coefficient (Wildman–Crippen LogP) is 4.51. The van der Waals surface area contributed by atoms with Crippen LogP contribution in [0.5, 0.6) is 0 Å². The summed E-state index contributed by atoms with van der Waals surface area (Å²) in [5.41, 5.74) is 3.22. The maximum atomic E-state index is 13.6. The number of furan rings is 1. The third-order valence-corrected chi connectivity index (χ3v) is 6.49. The van der Waals surface area contributed by atoms with Crippen LogP contribution in [0.15, 0.2) is 76.1 Å². The molecule has 2 aromatic carbocycles. The molecule has 1 N–H and O–H groups in total. The molecule has 190 valence electrons. The van der Waals surface area contributed by atoms with Gasteiger partial charge in [0.05, 0.1) is 26.0 Å². The van der Waals surface area contributed by atoms with Gasteiger partial charge in [-0.2, -0.15) is 0 Å². The lowest BCUT2D eigenvalue weighted by atomic mass is 10.0. The molecule has 0 spiro atoms. The summed E-state index contributed by atoms with van der Waals surface area (Å²) in [5.74, 6) is 1.29. The molecule has 1 unspecified atom stereocenters. The standard InChI is InChI=1S/C27H27ClN6O3/c1-18-5-10-24-20(14-18)15-23(27(35)29-24)25(26-30-31-32-34(26)11-13-36-2)33(17-22-4-3-12-37-22)16-19-6-8-21(28)9-7-19/h3-10,12,14-15,25H,11,13,16-17H2,1-2H3,(H,29,35). The molecule has 37 heavy (non-hydrogen) atoms. The zero-order valence-corrected chi connectivity index (χ0v) is 21.4. The Balaban J connectivity index is 1.68. The number of rotatable bonds is 10. The molecule has 0 radical (unpaired) electrons. The minimum Gasteiger partial charge on any atom is -0.468 e. The van der Waals surface area contributed by atoms with Gasteiger partial charge >= 0.3 is 0 Å². The lowest BCUT2D eigenvalue weighted by molar-refractivity contribution is 0.163. The van der Waals surface area contributed by atoms with Gasteiger partial charge in [-0.15, -0.1) is 5.10 Å². The van der Waals surface area contributed by atoms with Gasteiger partial charge in [-0.25, -0.2) is 4.68 Å². The number of nitrogens with one attached hydrogen (secondary N) is 1. The highest BCUT2D eigenvalue weighted by molar-refractivity contribution is 6.30. The van der Waals surface area contributed by atoms with E-state index < -0.39 is 6.04 Å². The Morgan fingerprint density at radius 3 is 2.73 bits per heavy atom. The highest BCUT2D eigenvalue weighted by atomic mass is 35.5. The van der Waals surface area contributed by atoms with Crippen LogP contribution in [-0.4, -0.2) is 43.8 Å². The third kappa shape index (κ3) is 5.64. The first kappa shape index (κ1) is 24.9. The number of fused-ring (bicyclic) bond motifs is 1. The Morgan fingerprint density at radius 2 is 1.97 bits per heavy atom. The van der Waals surface area contributed by atoms with Crippen molar-refractivity contribution in [3.8, 4) is 0 Å². The van der Waals surface area contributed by atoms with E-state index in [-0.39, 0.29) is 5.56 Å². The molecular weight excluding hydrogens is 492 g/mol. The van der Waals surface area contributed by atoms with Gasteiger partial charge in [0.1, 0.15) is 11.8 Å². The number of benzene rings is 2. The van der Waals surface area contributed by atoms with Crippen LogP contribution >= 0.6 is 11.6 Å². The van der Waals surface area contributed by atoms with Crippen LogP contribution < -0.4 is 5.56 Å². The van der Waals surface area contributed by atoms with E-state index in [9.17, 15) is 4.79 Å². The van der Waals surface area contributed by atoms with Crippen LogP contribution in [0.1, 0.15) is 34.3 Å². The number of ether oxygens (including phenoxy) is 1. The van der Waals surface area contributed by atoms with Crippen molar-refractivity contribution in [2.75, 3.05) is 13.7 Å². The minimum atomic E-state index is -0.582. The molecule has 1 atom stereocenters. The number of hydrogen-bond donors (Lipinski definition) is 1. The maximum Gasteiger partial charge on any atom is 0.253 e. The highest BCUT2D eigenvalue weighted by Gasteiger charge is 2.31. The van der Waals surface area contributed by atoms with Gasteiger partial charge in [-0.05, 0) is 70.8 Å². The lowest BCUT2D eigenvalue weighted by Gasteiger charge is -2.30. The zero-order chi connectivity index (χ0) is 25.8. The summed E-state index contributed by atoms with van der Waals surface area (Å²) in [4.78, 5) is 18.7. The van der Waals surface area contributed by atoms with E-state index in [0.717, 1.165) is 27.8 Å². The molecule has 9 nitrogen and oxygen atoms in total. The van der Waals surface area contributed by atoms with E-state index in [2.05, 4.69) is 31.5 Å². The molecule has 0 bridgehead atoms. The summed E-state index contributed by atoms with van der Waals surface area (Å²) < 4.78 is 12.7. The molecule has 3 heterocycles. The number of methoxy groups -OCH3 is 1. The number of H-pyrrole nitrogens is 1. The lowest BCUT2D eigenvalue weighted by Crippen LogP contribution is -2.35. The topological polar surface area (TPSA) is 102 Å². The Morgan fingerprint density at radius 1 is 1.14 bits per heavy atom. The Labute approximate surface area is 218 Å². The molecule has 0 aliphatic carbocycles. The van der Waals surface area contributed by atoms with Gasteiger partial charge in [-0.1, -0.05) is 35.4 Å². The van der Waals surface area contributed by atoms with Crippen LogP contribution in [0, 0.1) is 6.92 Å². The number of tetrazole rings is 1. The predicted molar refractivity (Wildman–Crippen MR) is 140 cm³/mol. The number of hydrogen-bond acceptors (Lipinski definition) is 7. The van der Waals surface area contributed by atoms with Crippen LogP contribution in [-0.2, 0) is 24.4 Å². The van der Waals surface area contributed by atoms with Crippen molar-refractivity contribution in [2.24, 2.45) is 0 Å². The molecule has 5 aromatic rings. The van der Waals surface area contributed by atoms with E-state index in [4.69, 9.17) is 20.8 Å². The fourth-order valence-electron chi connectivity index (χ4n) is 4.46. The maximum absolute atomic E-state index is 13.6. The number of nitrogens with zero attached hydrogens (tertiary/aromatic N) is 5. The second kappa shape index (κ2) is 11.1. The van der Waals surface area contributed by atoms with Crippen molar-refractivity contribution in [3.63, 3.8) is 0 Å². The van der Waals surface area contributed by atoms with Crippen molar-refractivity contribution in [2.45, 2.75) is 32.6 Å². The molecule has 0 saturated carbocycles. The zero-order valence-electron chi connectivity index (χ0n) is 20.6. The normalized spacial score (nSPS) is 12.4. The molecule has 10 heteroatoms. The molecule has 0 fully saturated rings. The van der Waals surface area contributed by atoms with Gasteiger partial charge in [0.2, 0.25) is 0 Å². The van der Waals surface area contributed by atoms with E-state index in [1.165, 1.54) is 0 Å². The highest BCUT2D eigenvalue weighted by Crippen LogP contribution is 2.30. The van der Waals surface area contributed by atoms with Gasteiger partial charge in [0, 0.05) is 29.8 Å². The molecule has 0 aliphatic heterocycles. The quantitative estimate of drug-likeness (QED) is 0.290. The van der Waals surface area contributed by atoms with Gasteiger partial charge in [0.25, 0.3) is 5.56 Å². The molecule has 5 rings (SSSR count). The van der Waals surface area contributed by atoms with Crippen molar-refractivity contribution >= 4 is 22.5 Å². The summed E-state index contributed by atoms with van der Waals surface area (Å²) in [6.07, 6.45) is 1.64. The largest absolute Gasteiger partial charge is 0.468 e. The Bertz CT molecular complexity index is 1530. The Hall–Kier alpha value is -3.79. The summed E-state index contributed by atoms with van der Waals surface area (Å²) >= 11 is 6.15. The van der Waals surface area contributed by atoms with E-state index in [1.54, 1.807) is 18.1 Å². The fourth-order valence-corrected chi connectivity index (χ4v) is 4.58. The number of aromatic amines is 1. The van der Waals surface area contributed by atoms with E-state index in [1.807, 2.05) is 61.5 Å². The van der Waals surface area contributed by atoms with Crippen LogP contribution in [0.4, 0.5) is 0 Å². The average Bonchev–Trinajstić information content (AvgIpc) is 3.57. The second-order valence-corrected chi connectivity index (χ2v) is 9.35. The molecule has 0 saturated heterocycles. The smallest absolute Gasteiger partial charge is 0.253 e. The second-order valence-electron chi connectivity index (χ2n) is 8.91. The first-order valence-corrected chi connectivity index (χ1v) is 12.3. The number of halogens is 1. The fraction of sp³-hybridized carbons (Fsp3) is 0.259. The first-order chi connectivity index (χ1) is 18.0. The van der Waals surface area contributed by atoms with E-state index in [0.29, 0.717) is 42.7 Å². The molecule has 0 aliphatic rings. The first-order valence-electron chi connectivity index (χ1n) is 11.9. The van der Waals surface area contributed by atoms with Crippen molar-refractivity contribution in [1.29, 1.82) is 0 Å². The van der Waals surface area contributed by atoms with Crippen molar-refractivity contribution in [1.82, 2.24) is 30.1 Å². The number of aromatic nitrogens is 5. The SMILES string of the molecule is COCCn1nnnc1C(c1cc2cc(C)ccc2[nH]c1=O)N(Cc1ccc(Cl)cc1)Cc1ccco1. The van der Waals surface area contributed by atoms with Crippen molar-refractivity contribution in [3.05, 3.63) is 111 Å². The Kier molecular flexibility index (Phi) is 7.45. The molecular formula is C27H27ClN6O3. The van der Waals surface area contributed by atoms with Crippen molar-refractivity contribution < 1.29 is 9.15 Å². The summed E-state index contributed by atoms with van der Waals surface area (Å²) in [7, 11) is 1.63. The van der Waals surface area contributed by atoms with E-state index >= 15 is 0 Å². The molecule has 0 amide bonds. The van der Waals surface area contributed by atoms with Crippen LogP contribution in [0.25, 0.3) is 10.9 Å². The average molecular weight is 519 g/mol. The van der Waals surface area contributed by atoms with Gasteiger partial charge < -0.3 is 14.1 Å². The number of aryl methyl sites for hydroxylation is 1. The summed E-state index contributed by atoms with van der Waals surface area (Å²) in [5, 5.41) is 14.1. The van der Waals surface area contributed by atoms with Crippen LogP contribution in [0.2, 0.25) is 5.02 Å². The van der Waals surface area contributed by atoms with Gasteiger partial charge in [-0.3, -0.25) is 9.69 Å². The minimum absolute atomic E-state index is 0.205. The molecule has 3 aromatic heterocycles. The van der Waals surface area contributed by atoms with Crippen LogP contribution in [0.3, 0.4) is 0 Å². The summed E-state index contributed by atoms with van der Waals surface area (Å²) in [6, 6.07) is 18.7. The number of pyridine rings is 1. The third-order valence-electron chi connectivity index (χ3n) is 6.24. The monoisotopic (exact) mass is 518 g/mol. The van der Waals surface area contributed by atoms with Gasteiger partial charge in [0.15, 0.2) is 5.82 Å².